The lowest BCUT2D eigenvalue weighted by Crippen LogP contribution is -2.57. The van der Waals surface area contributed by atoms with Gasteiger partial charge >= 0.3 is 0 Å². The highest BCUT2D eigenvalue weighted by molar-refractivity contribution is 5.86. The van der Waals surface area contributed by atoms with Crippen molar-refractivity contribution >= 4 is 5.78 Å². The minimum Gasteiger partial charge on any atom is -0.299 e. The maximum atomic E-state index is 12.9. The number of carbonyl (C=O) groups excluding carboxylic acids is 1. The molecule has 0 bridgehead atoms. The topological polar surface area (TPSA) is 17.1 Å². The van der Waals surface area contributed by atoms with Gasteiger partial charge in [-0.25, -0.2) is 0 Å². The van der Waals surface area contributed by atoms with Gasteiger partial charge in [-0.2, -0.15) is 0 Å². The van der Waals surface area contributed by atoms with Gasteiger partial charge in [0.15, 0.2) is 0 Å². The molecule has 180 valence electrons. The molecule has 1 nitrogen and oxygen atoms in total. The maximum absolute atomic E-state index is 12.9. The Labute approximate surface area is 198 Å². The van der Waals surface area contributed by atoms with Crippen LogP contribution in [0, 0.1) is 50.7 Å². The van der Waals surface area contributed by atoms with Gasteiger partial charge in [-0.15, -0.1) is 0 Å². The van der Waals surface area contributed by atoms with Crippen LogP contribution < -0.4 is 0 Å². The van der Waals surface area contributed by atoms with Gasteiger partial charge in [-0.05, 0) is 130 Å². The Bertz CT molecular complexity index is 845. The van der Waals surface area contributed by atoms with E-state index in [0.717, 1.165) is 24.2 Å². The molecule has 0 saturated heterocycles. The van der Waals surface area contributed by atoms with Gasteiger partial charge in [-0.3, -0.25) is 4.79 Å². The number of allylic oxidation sites excluding steroid dienone is 2. The molecule has 32 heavy (non-hydrogen) atoms. The molecule has 1 heteroatoms. The highest BCUT2D eigenvalue weighted by atomic mass is 16.1. The Morgan fingerprint density at radius 1 is 0.875 bits per heavy atom. The molecule has 0 unspecified atom stereocenters. The van der Waals surface area contributed by atoms with Crippen LogP contribution in [0.2, 0.25) is 0 Å². The molecule has 2 spiro atoms. The number of hydrogen-bond acceptors (Lipinski definition) is 1. The van der Waals surface area contributed by atoms with Crippen molar-refractivity contribution in [3.63, 3.8) is 0 Å². The summed E-state index contributed by atoms with van der Waals surface area (Å²) >= 11 is 0. The first kappa shape index (κ1) is 23.2. The van der Waals surface area contributed by atoms with Crippen LogP contribution in [0.15, 0.2) is 11.1 Å². The molecule has 5 rings (SSSR count). The number of ketones is 1. The van der Waals surface area contributed by atoms with E-state index in [-0.39, 0.29) is 5.41 Å². The normalized spacial score (nSPS) is 49.4. The Morgan fingerprint density at radius 2 is 1.53 bits per heavy atom. The molecule has 0 radical (unpaired) electrons. The number of hydrogen-bond donors (Lipinski definition) is 0. The summed E-state index contributed by atoms with van der Waals surface area (Å²) in [4.78, 5) is 12.9. The monoisotopic (exact) mass is 438 g/mol. The summed E-state index contributed by atoms with van der Waals surface area (Å²) in [5.74, 6) is 3.85. The fourth-order valence-electron chi connectivity index (χ4n) is 11.0. The summed E-state index contributed by atoms with van der Waals surface area (Å²) in [6.45, 7) is 19.5. The number of carbonyl (C=O) groups is 1. The predicted octanol–water partition coefficient (Wildman–Crippen LogP) is 8.77. The first-order valence-corrected chi connectivity index (χ1v) is 14.0. The van der Waals surface area contributed by atoms with Gasteiger partial charge in [0.1, 0.15) is 5.78 Å². The highest BCUT2D eigenvalue weighted by Gasteiger charge is 2.82. The zero-order valence-electron chi connectivity index (χ0n) is 22.5. The summed E-state index contributed by atoms with van der Waals surface area (Å²) < 4.78 is 0. The Kier molecular flexibility index (Phi) is 5.05. The van der Waals surface area contributed by atoms with Crippen molar-refractivity contribution in [2.24, 2.45) is 50.7 Å². The fourth-order valence-corrected chi connectivity index (χ4v) is 11.0. The number of fused-ring (bicyclic) bond motifs is 2. The van der Waals surface area contributed by atoms with Crippen molar-refractivity contribution in [3.05, 3.63) is 11.1 Å². The van der Waals surface area contributed by atoms with Crippen molar-refractivity contribution < 1.29 is 4.79 Å². The van der Waals surface area contributed by atoms with E-state index in [1.807, 2.05) is 0 Å². The van der Waals surface area contributed by atoms with Gasteiger partial charge in [0.2, 0.25) is 0 Å². The SMILES string of the molecule is CC(C)=C(C)CC[C@@H](C)[C@H]1CC[C@@]2(C)[C@@H]3CC[C@H]4C(C)(C)C(=O)CC[C@@]45C[C@@]35CC[C@]12C. The van der Waals surface area contributed by atoms with Crippen LogP contribution in [0.5, 0.6) is 0 Å². The minimum absolute atomic E-state index is 0.0795. The number of rotatable bonds is 4. The summed E-state index contributed by atoms with van der Waals surface area (Å²) in [5.41, 5.74) is 5.17. The van der Waals surface area contributed by atoms with Crippen molar-refractivity contribution in [3.8, 4) is 0 Å². The van der Waals surface area contributed by atoms with Crippen LogP contribution in [0.4, 0.5) is 0 Å². The van der Waals surface area contributed by atoms with Gasteiger partial charge in [0.25, 0.3) is 0 Å². The van der Waals surface area contributed by atoms with E-state index < -0.39 is 0 Å². The molecule has 5 aliphatic rings. The molecule has 0 amide bonds. The molecular formula is C31H50O. The second kappa shape index (κ2) is 6.97. The molecule has 0 aromatic rings. The number of Topliss-reactive ketones (excluding diaryl/α,β-unsaturated/α-hetero) is 1. The summed E-state index contributed by atoms with van der Waals surface area (Å²) in [7, 11) is 0. The molecule has 0 N–H and O–H groups in total. The van der Waals surface area contributed by atoms with Gasteiger partial charge in [-0.1, -0.05) is 45.8 Å². The molecule has 5 fully saturated rings. The Morgan fingerprint density at radius 3 is 2.22 bits per heavy atom. The Balaban J connectivity index is 1.40. The lowest BCUT2D eigenvalue weighted by atomic mass is 9.42. The molecule has 5 saturated carbocycles. The van der Waals surface area contributed by atoms with E-state index in [2.05, 4.69) is 55.4 Å². The lowest BCUT2D eigenvalue weighted by Gasteiger charge is -2.62. The minimum atomic E-state index is -0.0795. The first-order chi connectivity index (χ1) is 14.9. The third kappa shape index (κ3) is 2.66. The summed E-state index contributed by atoms with van der Waals surface area (Å²) in [6, 6.07) is 0. The van der Waals surface area contributed by atoms with E-state index in [4.69, 9.17) is 0 Å². The second-order valence-electron chi connectivity index (χ2n) is 14.6. The van der Waals surface area contributed by atoms with Crippen molar-refractivity contribution in [1.29, 1.82) is 0 Å². The lowest BCUT2D eigenvalue weighted by molar-refractivity contribution is -0.157. The van der Waals surface area contributed by atoms with E-state index >= 15 is 0 Å². The van der Waals surface area contributed by atoms with Gasteiger partial charge < -0.3 is 0 Å². The zero-order valence-corrected chi connectivity index (χ0v) is 22.5. The van der Waals surface area contributed by atoms with Crippen molar-refractivity contribution in [1.82, 2.24) is 0 Å². The zero-order chi connectivity index (χ0) is 23.3. The fraction of sp³-hybridized carbons (Fsp3) is 0.903. The van der Waals surface area contributed by atoms with Crippen LogP contribution in [0.3, 0.4) is 0 Å². The smallest absolute Gasteiger partial charge is 0.138 e. The molecular weight excluding hydrogens is 388 g/mol. The van der Waals surface area contributed by atoms with E-state index in [0.29, 0.717) is 33.4 Å². The van der Waals surface area contributed by atoms with Gasteiger partial charge in [0.05, 0.1) is 0 Å². The summed E-state index contributed by atoms with van der Waals surface area (Å²) in [6.07, 6.45) is 14.7. The molecule has 0 aromatic carbocycles. The van der Waals surface area contributed by atoms with Crippen LogP contribution >= 0.6 is 0 Å². The van der Waals surface area contributed by atoms with E-state index in [1.165, 1.54) is 69.8 Å². The van der Waals surface area contributed by atoms with E-state index in [1.54, 1.807) is 5.57 Å². The van der Waals surface area contributed by atoms with Crippen molar-refractivity contribution in [2.75, 3.05) is 0 Å². The van der Waals surface area contributed by atoms with Crippen LogP contribution in [-0.2, 0) is 4.79 Å². The van der Waals surface area contributed by atoms with Gasteiger partial charge in [0, 0.05) is 11.8 Å². The molecule has 0 aliphatic heterocycles. The molecule has 0 heterocycles. The largest absolute Gasteiger partial charge is 0.299 e. The van der Waals surface area contributed by atoms with E-state index in [9.17, 15) is 4.79 Å². The summed E-state index contributed by atoms with van der Waals surface area (Å²) in [5, 5.41) is 0. The first-order valence-electron chi connectivity index (χ1n) is 14.0. The van der Waals surface area contributed by atoms with Crippen molar-refractivity contribution in [2.45, 2.75) is 126 Å². The molecule has 8 atom stereocenters. The molecule has 0 aromatic heterocycles. The molecule has 5 aliphatic carbocycles. The maximum Gasteiger partial charge on any atom is 0.138 e. The van der Waals surface area contributed by atoms with Crippen LogP contribution in [0.1, 0.15) is 126 Å². The second-order valence-corrected chi connectivity index (χ2v) is 14.6. The standard InChI is InChI=1S/C31H50O/c1-20(2)21(3)9-10-22(4)23-13-15-29(8)25-12-11-24-27(5,6)26(32)14-16-30(24)19-31(25,30)18-17-28(23,29)7/h22-25H,9-19H2,1-8H3/t22-,23-,24+,25+,28-,29+,30-,31+/m1/s1. The van der Waals surface area contributed by atoms with Crippen LogP contribution in [-0.4, -0.2) is 5.78 Å². The van der Waals surface area contributed by atoms with Crippen LogP contribution in [0.25, 0.3) is 0 Å². The predicted molar refractivity (Wildman–Crippen MR) is 134 cm³/mol. The average molecular weight is 439 g/mol. The third-order valence-electron chi connectivity index (χ3n) is 13.4. The quantitative estimate of drug-likeness (QED) is 0.401. The average Bonchev–Trinajstić information content (AvgIpc) is 3.31. The third-order valence-corrected chi connectivity index (χ3v) is 13.4. The Hall–Kier alpha value is -0.590. The highest BCUT2D eigenvalue weighted by Crippen LogP contribution is 2.88.